The first kappa shape index (κ1) is 19.7. The van der Waals surface area contributed by atoms with Crippen LogP contribution in [0.25, 0.3) is 21.6 Å². The lowest BCUT2D eigenvalue weighted by Gasteiger charge is -2.18. The molecule has 0 aromatic heterocycles. The van der Waals surface area contributed by atoms with Gasteiger partial charge in [0.2, 0.25) is 0 Å². The molecule has 0 fully saturated rings. The van der Waals surface area contributed by atoms with Crippen molar-refractivity contribution >= 4 is 11.1 Å². The van der Waals surface area contributed by atoms with Crippen molar-refractivity contribution in [1.29, 1.82) is 5.53 Å². The van der Waals surface area contributed by atoms with E-state index in [4.69, 9.17) is 11.1 Å². The lowest BCUT2D eigenvalue weighted by atomic mass is 9.86. The molecule has 0 heterocycles. The number of hydrogen-bond donors (Lipinski definition) is 1. The predicted octanol–water partition coefficient (Wildman–Crippen LogP) is 7.57. The first-order valence-electron chi connectivity index (χ1n) is 9.32. The van der Waals surface area contributed by atoms with Crippen molar-refractivity contribution in [3.63, 3.8) is 0 Å². The van der Waals surface area contributed by atoms with Crippen molar-refractivity contribution in [2.45, 2.75) is 0 Å². The SMILES string of the molecule is [N-]=[N+]=N.c1ccc(C(=C(c2ccccc2)c2ccccc2)c2ccccc2)cc1. The van der Waals surface area contributed by atoms with Crippen molar-refractivity contribution in [1.82, 2.24) is 0 Å². The highest BCUT2D eigenvalue weighted by Crippen LogP contribution is 2.36. The fraction of sp³-hybridized carbons (Fsp3) is 0. The molecule has 4 aromatic rings. The number of nitrogens with zero attached hydrogens (tertiary/aromatic N) is 2. The second kappa shape index (κ2) is 10.3. The Labute approximate surface area is 171 Å². The second-order valence-corrected chi connectivity index (χ2v) is 6.31. The molecule has 0 unspecified atom stereocenters. The van der Waals surface area contributed by atoms with Gasteiger partial charge in [0.15, 0.2) is 0 Å². The van der Waals surface area contributed by atoms with Gasteiger partial charge in [0, 0.05) is 0 Å². The minimum atomic E-state index is 1.22. The van der Waals surface area contributed by atoms with E-state index in [1.165, 1.54) is 33.4 Å². The Bertz CT molecular complexity index is 914. The van der Waals surface area contributed by atoms with Gasteiger partial charge in [0.05, 0.1) is 0 Å². The fourth-order valence-electron chi connectivity index (χ4n) is 3.33. The molecular formula is C26H21N3. The van der Waals surface area contributed by atoms with E-state index >= 15 is 0 Å². The topological polar surface area (TPSA) is 60.3 Å². The summed E-state index contributed by atoms with van der Waals surface area (Å²) in [6.07, 6.45) is 0. The van der Waals surface area contributed by atoms with Crippen molar-refractivity contribution in [3.05, 3.63) is 154 Å². The van der Waals surface area contributed by atoms with Crippen molar-refractivity contribution in [2.75, 3.05) is 0 Å². The van der Waals surface area contributed by atoms with Gasteiger partial charge in [-0.2, -0.15) is 0 Å². The molecule has 0 radical (unpaired) electrons. The molecule has 0 bridgehead atoms. The highest BCUT2D eigenvalue weighted by Gasteiger charge is 2.15. The van der Waals surface area contributed by atoms with Crippen LogP contribution in [0.4, 0.5) is 0 Å². The average molecular weight is 375 g/mol. The fourth-order valence-corrected chi connectivity index (χ4v) is 3.33. The summed E-state index contributed by atoms with van der Waals surface area (Å²) < 4.78 is 0. The molecule has 0 amide bonds. The Morgan fingerprint density at radius 1 is 0.448 bits per heavy atom. The summed E-state index contributed by atoms with van der Waals surface area (Å²) in [5, 5.41) is 0. The van der Waals surface area contributed by atoms with Gasteiger partial charge < -0.3 is 0 Å². The van der Waals surface area contributed by atoms with Crippen LogP contribution in [-0.2, 0) is 0 Å². The minimum absolute atomic E-state index is 1.22. The Morgan fingerprint density at radius 2 is 0.621 bits per heavy atom. The van der Waals surface area contributed by atoms with E-state index in [0.29, 0.717) is 0 Å². The van der Waals surface area contributed by atoms with E-state index < -0.39 is 0 Å². The Morgan fingerprint density at radius 3 is 0.793 bits per heavy atom. The Kier molecular flexibility index (Phi) is 7.00. The molecule has 29 heavy (non-hydrogen) atoms. The maximum atomic E-state index is 6.86. The molecule has 3 nitrogen and oxygen atoms in total. The van der Waals surface area contributed by atoms with Crippen LogP contribution < -0.4 is 0 Å². The number of nitrogens with one attached hydrogen (secondary N) is 1. The molecule has 4 aromatic carbocycles. The molecule has 0 aliphatic heterocycles. The van der Waals surface area contributed by atoms with E-state index in [1.807, 2.05) is 0 Å². The quantitative estimate of drug-likeness (QED) is 0.165. The highest BCUT2D eigenvalue weighted by atomic mass is 15.0. The molecule has 0 saturated heterocycles. The van der Waals surface area contributed by atoms with Gasteiger partial charge in [-0.1, -0.05) is 121 Å². The summed E-state index contributed by atoms with van der Waals surface area (Å²) in [6.45, 7) is 0. The normalized spacial score (nSPS) is 9.52. The monoisotopic (exact) mass is 375 g/mol. The Hall–Kier alpha value is -4.07. The third kappa shape index (κ3) is 5.01. The third-order valence-corrected chi connectivity index (χ3v) is 4.50. The average Bonchev–Trinajstić information content (AvgIpc) is 2.80. The Balaban J connectivity index is 0.000000755. The van der Waals surface area contributed by atoms with E-state index in [0.717, 1.165) is 0 Å². The van der Waals surface area contributed by atoms with Crippen LogP contribution in [0.2, 0.25) is 0 Å². The lowest BCUT2D eigenvalue weighted by molar-refractivity contribution is 1.45. The molecule has 0 saturated carbocycles. The highest BCUT2D eigenvalue weighted by molar-refractivity contribution is 6.04. The first-order valence-corrected chi connectivity index (χ1v) is 9.32. The standard InChI is InChI=1S/C26H20.HN3/c1-5-13-21(14-6-1)25(22-15-7-2-8-16-22)26(23-17-9-3-10-18-23)24-19-11-4-12-20-24;1-3-2/h1-20H;1H. The summed E-state index contributed by atoms with van der Waals surface area (Å²) in [6, 6.07) is 42.6. The number of benzene rings is 4. The van der Waals surface area contributed by atoms with Gasteiger partial charge in [-0.25, -0.2) is 0 Å². The second-order valence-electron chi connectivity index (χ2n) is 6.31. The molecule has 3 heteroatoms. The summed E-state index contributed by atoms with van der Waals surface area (Å²) in [4.78, 5) is 1.75. The van der Waals surface area contributed by atoms with Gasteiger partial charge >= 0.3 is 0 Å². The van der Waals surface area contributed by atoms with E-state index in [1.54, 1.807) is 4.91 Å². The largest absolute Gasteiger partial charge is 0.108 e. The first-order chi connectivity index (χ1) is 14.3. The third-order valence-electron chi connectivity index (χ3n) is 4.50. The molecule has 0 atom stereocenters. The molecule has 0 aliphatic rings. The van der Waals surface area contributed by atoms with Crippen LogP contribution >= 0.6 is 0 Å². The minimum Gasteiger partial charge on any atom is -0.108 e. The summed E-state index contributed by atoms with van der Waals surface area (Å²) in [7, 11) is 0. The van der Waals surface area contributed by atoms with Crippen LogP contribution in [0.1, 0.15) is 22.3 Å². The van der Waals surface area contributed by atoms with Crippen molar-refractivity contribution < 1.29 is 0 Å². The van der Waals surface area contributed by atoms with Crippen LogP contribution in [0.5, 0.6) is 0 Å². The molecular weight excluding hydrogens is 354 g/mol. The molecule has 4 rings (SSSR count). The molecule has 0 spiro atoms. The summed E-state index contributed by atoms with van der Waals surface area (Å²) in [5.74, 6) is 0. The number of hydrogen-bond acceptors (Lipinski definition) is 1. The van der Waals surface area contributed by atoms with Gasteiger partial charge in [-0.15, -0.1) is 5.53 Å². The van der Waals surface area contributed by atoms with Gasteiger partial charge in [-0.3, -0.25) is 0 Å². The van der Waals surface area contributed by atoms with Crippen LogP contribution in [-0.4, -0.2) is 0 Å². The predicted molar refractivity (Wildman–Crippen MR) is 120 cm³/mol. The van der Waals surface area contributed by atoms with E-state index in [9.17, 15) is 0 Å². The molecule has 140 valence electrons. The zero-order valence-corrected chi connectivity index (χ0v) is 15.9. The summed E-state index contributed by atoms with van der Waals surface area (Å²) in [5.41, 5.74) is 19.7. The van der Waals surface area contributed by atoms with Gasteiger partial charge in [0.1, 0.15) is 0 Å². The van der Waals surface area contributed by atoms with Crippen LogP contribution in [0.15, 0.2) is 121 Å². The summed E-state index contributed by atoms with van der Waals surface area (Å²) >= 11 is 0. The zero-order chi connectivity index (χ0) is 20.3. The maximum Gasteiger partial charge on any atom is -0.00208 e. The van der Waals surface area contributed by atoms with Crippen LogP contribution in [0, 0.1) is 5.53 Å². The molecule has 1 N–H and O–H groups in total. The van der Waals surface area contributed by atoms with Gasteiger partial charge in [0.25, 0.3) is 0 Å². The molecule has 0 aliphatic carbocycles. The van der Waals surface area contributed by atoms with Crippen molar-refractivity contribution in [3.8, 4) is 0 Å². The lowest BCUT2D eigenvalue weighted by Crippen LogP contribution is -1.97. The van der Waals surface area contributed by atoms with Crippen molar-refractivity contribution in [2.24, 2.45) is 0 Å². The van der Waals surface area contributed by atoms with E-state index in [-0.39, 0.29) is 0 Å². The smallest absolute Gasteiger partial charge is 0.00208 e. The maximum absolute atomic E-state index is 6.86. The van der Waals surface area contributed by atoms with Gasteiger partial charge in [-0.05, 0) is 43.8 Å². The van der Waals surface area contributed by atoms with E-state index in [2.05, 4.69) is 121 Å². The van der Waals surface area contributed by atoms with Crippen LogP contribution in [0.3, 0.4) is 0 Å². The zero-order valence-electron chi connectivity index (χ0n) is 15.9. The number of rotatable bonds is 4.